The number of primary amides is 1. The molecule has 1 fully saturated rings. The van der Waals surface area contributed by atoms with E-state index in [-0.39, 0.29) is 23.2 Å². The van der Waals surface area contributed by atoms with Crippen LogP contribution >= 0.6 is 0 Å². The van der Waals surface area contributed by atoms with Gasteiger partial charge in [-0.2, -0.15) is 0 Å². The maximum Gasteiger partial charge on any atom is 0.252 e. The molecule has 2 aromatic heterocycles. The third-order valence-electron chi connectivity index (χ3n) is 4.69. The van der Waals surface area contributed by atoms with Crippen molar-refractivity contribution >= 4 is 23.2 Å². The van der Waals surface area contributed by atoms with Crippen molar-refractivity contribution in [3.63, 3.8) is 0 Å². The van der Waals surface area contributed by atoms with E-state index in [0.29, 0.717) is 24.1 Å². The van der Waals surface area contributed by atoms with Gasteiger partial charge in [-0.1, -0.05) is 13.8 Å². The maximum atomic E-state index is 14.5. The lowest BCUT2D eigenvalue weighted by atomic mass is 10.0. The van der Waals surface area contributed by atoms with Crippen LogP contribution in [0.15, 0.2) is 24.5 Å². The molecule has 1 aliphatic carbocycles. The third kappa shape index (κ3) is 4.95. The molecule has 2 aromatic rings. The molecule has 7 nitrogen and oxygen atoms in total. The van der Waals surface area contributed by atoms with Gasteiger partial charge in [-0.05, 0) is 48.8 Å². The van der Waals surface area contributed by atoms with Gasteiger partial charge in [0.05, 0.1) is 17.4 Å². The Bertz CT molecular complexity index is 853. The number of rotatable bonds is 9. The summed E-state index contributed by atoms with van der Waals surface area (Å²) < 4.78 is 14.5. The number of nitrogens with zero attached hydrogens (tertiary/aromatic N) is 2. The number of anilines is 3. The molecule has 2 heterocycles. The molecule has 0 radical (unpaired) electrons. The van der Waals surface area contributed by atoms with Crippen LogP contribution in [0.2, 0.25) is 0 Å². The van der Waals surface area contributed by atoms with Gasteiger partial charge in [0.1, 0.15) is 5.82 Å². The number of aromatic nitrogens is 2. The zero-order chi connectivity index (χ0) is 20.3. The fourth-order valence-corrected chi connectivity index (χ4v) is 3.15. The van der Waals surface area contributed by atoms with E-state index < -0.39 is 11.7 Å². The molecule has 1 aliphatic rings. The van der Waals surface area contributed by atoms with E-state index in [2.05, 4.69) is 34.4 Å². The zero-order valence-corrected chi connectivity index (χ0v) is 16.2. The lowest BCUT2D eigenvalue weighted by molar-refractivity contribution is 0.100. The molecule has 0 unspecified atom stereocenters. The molecule has 0 saturated heterocycles. The van der Waals surface area contributed by atoms with Crippen molar-refractivity contribution in [3.05, 3.63) is 41.5 Å². The second kappa shape index (κ2) is 8.52. The van der Waals surface area contributed by atoms with Gasteiger partial charge in [0.25, 0.3) is 5.91 Å². The zero-order valence-electron chi connectivity index (χ0n) is 16.2. The third-order valence-corrected chi connectivity index (χ3v) is 4.69. The quantitative estimate of drug-likeness (QED) is 0.526. The number of carbonyl (C=O) groups is 1. The highest BCUT2D eigenvalue weighted by Crippen LogP contribution is 2.40. The number of amides is 1. The Kier molecular flexibility index (Phi) is 6.08. The number of hydrogen-bond donors (Lipinski definition) is 4. The minimum atomic E-state index is -0.760. The van der Waals surface area contributed by atoms with E-state index in [1.165, 1.54) is 0 Å². The van der Waals surface area contributed by atoms with Crippen LogP contribution in [0.4, 0.5) is 21.7 Å². The first kappa shape index (κ1) is 20.0. The Morgan fingerprint density at radius 2 is 2.04 bits per heavy atom. The molecule has 1 atom stereocenters. The van der Waals surface area contributed by atoms with Gasteiger partial charge >= 0.3 is 0 Å². The van der Waals surface area contributed by atoms with Crippen LogP contribution in [0.3, 0.4) is 0 Å². The van der Waals surface area contributed by atoms with Crippen LogP contribution in [-0.2, 0) is 0 Å². The number of halogens is 1. The predicted molar refractivity (Wildman–Crippen MR) is 108 cm³/mol. The van der Waals surface area contributed by atoms with Gasteiger partial charge in [-0.3, -0.25) is 9.78 Å². The molecule has 3 rings (SSSR count). The fourth-order valence-electron chi connectivity index (χ4n) is 3.15. The predicted octanol–water partition coefficient (Wildman–Crippen LogP) is 3.12. The van der Waals surface area contributed by atoms with Crippen molar-refractivity contribution < 1.29 is 9.18 Å². The number of nitrogens with one attached hydrogen (secondary N) is 2. The first-order valence-corrected chi connectivity index (χ1v) is 9.56. The topological polar surface area (TPSA) is 119 Å². The minimum absolute atomic E-state index is 0.0203. The smallest absolute Gasteiger partial charge is 0.252 e. The summed E-state index contributed by atoms with van der Waals surface area (Å²) in [6, 6.07) is 2.94. The molecule has 0 spiro atoms. The highest BCUT2D eigenvalue weighted by molar-refractivity contribution is 5.98. The molecule has 0 bridgehead atoms. The molecule has 6 N–H and O–H groups in total. The Morgan fingerprint density at radius 3 is 2.64 bits per heavy atom. The van der Waals surface area contributed by atoms with Crippen molar-refractivity contribution in [3.8, 4) is 0 Å². The van der Waals surface area contributed by atoms with Crippen molar-refractivity contribution in [1.29, 1.82) is 0 Å². The van der Waals surface area contributed by atoms with E-state index in [4.69, 9.17) is 11.5 Å². The van der Waals surface area contributed by atoms with E-state index in [1.54, 1.807) is 6.20 Å². The summed E-state index contributed by atoms with van der Waals surface area (Å²) in [6.45, 7) is 4.47. The average molecular weight is 386 g/mol. The van der Waals surface area contributed by atoms with E-state index in [0.717, 1.165) is 30.9 Å². The normalized spacial score (nSPS) is 14.8. The summed E-state index contributed by atoms with van der Waals surface area (Å²) >= 11 is 0. The van der Waals surface area contributed by atoms with Crippen molar-refractivity contribution in [2.24, 2.45) is 17.4 Å². The Hall–Kier alpha value is -2.74. The summed E-state index contributed by atoms with van der Waals surface area (Å²) in [4.78, 5) is 20.3. The van der Waals surface area contributed by atoms with Gasteiger partial charge in [0, 0.05) is 18.8 Å². The van der Waals surface area contributed by atoms with Crippen LogP contribution in [0.1, 0.15) is 54.9 Å². The highest BCUT2D eigenvalue weighted by atomic mass is 19.1. The second-order valence-corrected chi connectivity index (χ2v) is 7.69. The number of carbonyl (C=O) groups excluding carboxylic acids is 1. The van der Waals surface area contributed by atoms with Gasteiger partial charge in [-0.15, -0.1) is 0 Å². The van der Waals surface area contributed by atoms with E-state index in [1.807, 2.05) is 12.3 Å². The maximum absolute atomic E-state index is 14.5. The van der Waals surface area contributed by atoms with Crippen molar-refractivity contribution in [2.75, 3.05) is 17.2 Å². The fraction of sp³-hybridized carbons (Fsp3) is 0.450. The molecule has 28 heavy (non-hydrogen) atoms. The number of pyridine rings is 2. The van der Waals surface area contributed by atoms with Gasteiger partial charge in [0.2, 0.25) is 0 Å². The number of hydrogen-bond acceptors (Lipinski definition) is 6. The van der Waals surface area contributed by atoms with Crippen LogP contribution in [-0.4, -0.2) is 28.5 Å². The van der Waals surface area contributed by atoms with E-state index >= 15 is 0 Å². The standard InChI is InChI=1S/C20H27FN6O/c1-11(2)5-14(8-22)25-20-17(21)7-16(18(23)28)19(27-20)26-15-6-13(9-24-10-15)12-3-4-12/h6-7,9-12,14H,3-5,8,22H2,1-2H3,(H2,23,28)(H2,25,26,27)/t14-/m1/s1. The summed E-state index contributed by atoms with van der Waals surface area (Å²) in [5, 5.41) is 6.11. The lowest BCUT2D eigenvalue weighted by Gasteiger charge is -2.21. The first-order valence-electron chi connectivity index (χ1n) is 9.56. The molecule has 0 aromatic carbocycles. The molecule has 1 amide bonds. The second-order valence-electron chi connectivity index (χ2n) is 7.69. The van der Waals surface area contributed by atoms with Crippen LogP contribution in [0.25, 0.3) is 0 Å². The van der Waals surface area contributed by atoms with Crippen molar-refractivity contribution in [1.82, 2.24) is 9.97 Å². The summed E-state index contributed by atoms with van der Waals surface area (Å²) in [5.41, 5.74) is 13.0. The minimum Gasteiger partial charge on any atom is -0.365 e. The van der Waals surface area contributed by atoms with Gasteiger partial charge in [0.15, 0.2) is 11.6 Å². The van der Waals surface area contributed by atoms with Gasteiger partial charge in [-0.25, -0.2) is 9.37 Å². The summed E-state index contributed by atoms with van der Waals surface area (Å²) in [5.74, 6) is -0.260. The van der Waals surface area contributed by atoms with Crippen molar-refractivity contribution in [2.45, 2.75) is 45.1 Å². The summed E-state index contributed by atoms with van der Waals surface area (Å²) in [6.07, 6.45) is 6.54. The Morgan fingerprint density at radius 1 is 1.29 bits per heavy atom. The Labute approximate surface area is 164 Å². The van der Waals surface area contributed by atoms with Crippen LogP contribution in [0, 0.1) is 11.7 Å². The first-order chi connectivity index (χ1) is 13.4. The van der Waals surface area contributed by atoms with Crippen LogP contribution in [0.5, 0.6) is 0 Å². The molecular weight excluding hydrogens is 359 g/mol. The largest absolute Gasteiger partial charge is 0.365 e. The average Bonchev–Trinajstić information content (AvgIpc) is 3.48. The van der Waals surface area contributed by atoms with Crippen LogP contribution < -0.4 is 22.1 Å². The monoisotopic (exact) mass is 386 g/mol. The highest BCUT2D eigenvalue weighted by Gasteiger charge is 2.24. The molecule has 1 saturated carbocycles. The molecule has 8 heteroatoms. The molecule has 150 valence electrons. The van der Waals surface area contributed by atoms with Gasteiger partial charge < -0.3 is 22.1 Å². The summed E-state index contributed by atoms with van der Waals surface area (Å²) in [7, 11) is 0. The SMILES string of the molecule is CC(C)C[C@H](CN)Nc1nc(Nc2cncc(C3CC3)c2)c(C(N)=O)cc1F. The molecular formula is C20H27FN6O. The molecule has 0 aliphatic heterocycles. The lowest BCUT2D eigenvalue weighted by Crippen LogP contribution is -2.31. The van der Waals surface area contributed by atoms with E-state index in [9.17, 15) is 9.18 Å². The number of nitrogens with two attached hydrogens (primary N) is 2. The Balaban J connectivity index is 1.89.